The van der Waals surface area contributed by atoms with Gasteiger partial charge in [-0.25, -0.2) is 4.39 Å². The average molecular weight is 136 g/mol. The molecule has 2 atom stereocenters. The summed E-state index contributed by atoms with van der Waals surface area (Å²) in [5.41, 5.74) is 0. The summed E-state index contributed by atoms with van der Waals surface area (Å²) >= 11 is 0. The molecule has 0 aliphatic carbocycles. The Morgan fingerprint density at radius 2 is 2.00 bits per heavy atom. The van der Waals surface area contributed by atoms with E-state index in [-0.39, 0.29) is 6.42 Å². The lowest BCUT2D eigenvalue weighted by Crippen LogP contribution is -2.09. The van der Waals surface area contributed by atoms with Crippen LogP contribution in [-0.2, 0) is 0 Å². The van der Waals surface area contributed by atoms with Crippen molar-refractivity contribution in [3.8, 4) is 0 Å². The summed E-state index contributed by atoms with van der Waals surface area (Å²) in [7, 11) is 0. The Labute approximate surface area is 54.3 Å². The highest BCUT2D eigenvalue weighted by atomic mass is 19.1. The molecule has 0 aliphatic heterocycles. The first kappa shape index (κ1) is 8.85. The third kappa shape index (κ3) is 5.73. The molecule has 0 bridgehead atoms. The number of hydrogen-bond donors (Lipinski definition) is 2. The highest BCUT2D eigenvalue weighted by Gasteiger charge is 2.05. The fourth-order valence-corrected chi connectivity index (χ4v) is 0.513. The van der Waals surface area contributed by atoms with Crippen LogP contribution in [-0.4, -0.2) is 29.1 Å². The van der Waals surface area contributed by atoms with Crippen molar-refractivity contribution in [3.63, 3.8) is 0 Å². The number of aliphatic hydroxyl groups excluding tert-OH is 2. The van der Waals surface area contributed by atoms with Gasteiger partial charge in [0.1, 0.15) is 6.17 Å². The zero-order chi connectivity index (χ0) is 7.28. The number of aliphatic hydroxyl groups is 2. The van der Waals surface area contributed by atoms with Gasteiger partial charge in [0.2, 0.25) is 0 Å². The molecule has 0 radical (unpaired) electrons. The third-order valence-electron chi connectivity index (χ3n) is 1.10. The Balaban J connectivity index is 3.06. The zero-order valence-electron chi connectivity index (χ0n) is 5.55. The van der Waals surface area contributed by atoms with E-state index in [1.165, 1.54) is 0 Å². The van der Waals surface area contributed by atoms with Gasteiger partial charge < -0.3 is 10.2 Å². The second kappa shape index (κ2) is 4.70. The lowest BCUT2D eigenvalue weighted by Gasteiger charge is -2.05. The molecule has 0 heterocycles. The molecule has 2 nitrogen and oxygen atoms in total. The molecule has 0 aromatic heterocycles. The van der Waals surface area contributed by atoms with Crippen LogP contribution in [0.5, 0.6) is 0 Å². The Bertz CT molecular complexity index is 66.1. The van der Waals surface area contributed by atoms with Crippen LogP contribution in [0.15, 0.2) is 0 Å². The van der Waals surface area contributed by atoms with Gasteiger partial charge in [-0.3, -0.25) is 0 Å². The van der Waals surface area contributed by atoms with E-state index in [9.17, 15) is 4.39 Å². The van der Waals surface area contributed by atoms with Crippen molar-refractivity contribution in [1.82, 2.24) is 0 Å². The molecule has 9 heavy (non-hydrogen) atoms. The first-order valence-corrected chi connectivity index (χ1v) is 3.09. The van der Waals surface area contributed by atoms with Gasteiger partial charge in [0.05, 0.1) is 12.7 Å². The van der Waals surface area contributed by atoms with E-state index in [4.69, 9.17) is 10.2 Å². The van der Waals surface area contributed by atoms with Crippen LogP contribution >= 0.6 is 0 Å². The minimum absolute atomic E-state index is 0.244. The van der Waals surface area contributed by atoms with Gasteiger partial charge in [0.15, 0.2) is 0 Å². The lowest BCUT2D eigenvalue weighted by molar-refractivity contribution is 0.132. The third-order valence-corrected chi connectivity index (χ3v) is 1.10. The maximum atomic E-state index is 12.1. The topological polar surface area (TPSA) is 40.5 Å². The molecule has 0 spiro atoms. The molecule has 0 aliphatic rings. The smallest absolute Gasteiger partial charge is 0.123 e. The minimum atomic E-state index is -1.17. The fourth-order valence-electron chi connectivity index (χ4n) is 0.513. The van der Waals surface area contributed by atoms with Gasteiger partial charge >= 0.3 is 0 Å². The Hall–Kier alpha value is -0.150. The van der Waals surface area contributed by atoms with Crippen LogP contribution in [0.3, 0.4) is 0 Å². The monoisotopic (exact) mass is 136 g/mol. The molecule has 0 saturated heterocycles. The van der Waals surface area contributed by atoms with Gasteiger partial charge in [-0.15, -0.1) is 0 Å². The summed E-state index contributed by atoms with van der Waals surface area (Å²) in [6.07, 6.45) is -0.968. The second-order valence-electron chi connectivity index (χ2n) is 2.21. The normalized spacial score (nSPS) is 17.3. The molecule has 2 unspecified atom stereocenters. The summed E-state index contributed by atoms with van der Waals surface area (Å²) in [6, 6.07) is 0. The standard InChI is InChI=1S/C6H13FO2/c1-5(9)2-3-6(7)4-8/h5-6,8-9H,2-4H2,1H3. The molecule has 0 aromatic carbocycles. The highest BCUT2D eigenvalue weighted by molar-refractivity contribution is 4.55. The van der Waals surface area contributed by atoms with E-state index >= 15 is 0 Å². The van der Waals surface area contributed by atoms with Crippen LogP contribution in [0.2, 0.25) is 0 Å². The largest absolute Gasteiger partial charge is 0.393 e. The minimum Gasteiger partial charge on any atom is -0.393 e. The van der Waals surface area contributed by atoms with Gasteiger partial charge in [-0.2, -0.15) is 0 Å². The van der Waals surface area contributed by atoms with Crippen LogP contribution in [0.4, 0.5) is 4.39 Å². The van der Waals surface area contributed by atoms with Crippen molar-refractivity contribution in [1.29, 1.82) is 0 Å². The first-order chi connectivity index (χ1) is 4.16. The molecule has 2 N–H and O–H groups in total. The maximum Gasteiger partial charge on any atom is 0.123 e. The zero-order valence-corrected chi connectivity index (χ0v) is 5.55. The van der Waals surface area contributed by atoms with E-state index in [1.54, 1.807) is 6.92 Å². The summed E-state index contributed by atoms with van der Waals surface area (Å²) in [6.45, 7) is 1.16. The van der Waals surface area contributed by atoms with Crippen LogP contribution in [0.1, 0.15) is 19.8 Å². The van der Waals surface area contributed by atoms with E-state index in [0.29, 0.717) is 6.42 Å². The van der Waals surface area contributed by atoms with Crippen molar-refractivity contribution in [2.45, 2.75) is 32.0 Å². The number of rotatable bonds is 4. The van der Waals surface area contributed by atoms with Gasteiger partial charge in [-0.1, -0.05) is 0 Å². The fraction of sp³-hybridized carbons (Fsp3) is 1.00. The summed E-state index contributed by atoms with van der Waals surface area (Å²) in [5.74, 6) is 0. The van der Waals surface area contributed by atoms with Crippen molar-refractivity contribution in [3.05, 3.63) is 0 Å². The van der Waals surface area contributed by atoms with Crippen molar-refractivity contribution in [2.75, 3.05) is 6.61 Å². The van der Waals surface area contributed by atoms with E-state index < -0.39 is 18.9 Å². The van der Waals surface area contributed by atoms with Crippen molar-refractivity contribution >= 4 is 0 Å². The first-order valence-electron chi connectivity index (χ1n) is 3.09. The summed E-state index contributed by atoms with van der Waals surface area (Å²) in [4.78, 5) is 0. The van der Waals surface area contributed by atoms with Gasteiger partial charge in [0.25, 0.3) is 0 Å². The molecule has 56 valence electrons. The van der Waals surface area contributed by atoms with Crippen molar-refractivity contribution < 1.29 is 14.6 Å². The molecule has 0 aromatic rings. The van der Waals surface area contributed by atoms with E-state index in [1.807, 2.05) is 0 Å². The van der Waals surface area contributed by atoms with E-state index in [2.05, 4.69) is 0 Å². The predicted octanol–water partition coefficient (Wildman–Crippen LogP) is 0.478. The summed E-state index contributed by atoms with van der Waals surface area (Å²) < 4.78 is 12.1. The molecule has 0 amide bonds. The molecule has 0 fully saturated rings. The maximum absolute atomic E-state index is 12.1. The van der Waals surface area contributed by atoms with Crippen LogP contribution < -0.4 is 0 Å². The SMILES string of the molecule is CC(O)CCC(F)CO. The van der Waals surface area contributed by atoms with Gasteiger partial charge in [0, 0.05) is 0 Å². The molecule has 3 heteroatoms. The van der Waals surface area contributed by atoms with Crippen LogP contribution in [0.25, 0.3) is 0 Å². The Morgan fingerprint density at radius 1 is 1.44 bits per heavy atom. The highest BCUT2D eigenvalue weighted by Crippen LogP contribution is 2.03. The van der Waals surface area contributed by atoms with Crippen molar-refractivity contribution in [2.24, 2.45) is 0 Å². The van der Waals surface area contributed by atoms with Crippen LogP contribution in [0, 0.1) is 0 Å². The lowest BCUT2D eigenvalue weighted by atomic mass is 10.1. The van der Waals surface area contributed by atoms with Gasteiger partial charge in [-0.05, 0) is 19.8 Å². The Morgan fingerprint density at radius 3 is 2.33 bits per heavy atom. The molecule has 0 saturated carbocycles. The average Bonchev–Trinajstić information content (AvgIpc) is 1.83. The molecular formula is C6H13FO2. The second-order valence-corrected chi connectivity index (χ2v) is 2.21. The quantitative estimate of drug-likeness (QED) is 0.590. The van der Waals surface area contributed by atoms with E-state index in [0.717, 1.165) is 0 Å². The number of alkyl halides is 1. The predicted molar refractivity (Wildman–Crippen MR) is 32.9 cm³/mol. The molecular weight excluding hydrogens is 123 g/mol. The number of hydrogen-bond acceptors (Lipinski definition) is 2. The summed E-state index contributed by atoms with van der Waals surface area (Å²) in [5, 5.41) is 16.8. The molecule has 0 rings (SSSR count). The Kier molecular flexibility index (Phi) is 4.62. The number of halogens is 1.